The highest BCUT2D eigenvalue weighted by molar-refractivity contribution is 5.74. The van der Waals surface area contributed by atoms with E-state index in [0.29, 0.717) is 19.3 Å². The molecule has 0 aromatic heterocycles. The summed E-state index contributed by atoms with van der Waals surface area (Å²) >= 11 is 0. The van der Waals surface area contributed by atoms with Crippen LogP contribution >= 0.6 is 0 Å². The number of hydrogen-bond donors (Lipinski definition) is 3. The van der Waals surface area contributed by atoms with E-state index in [4.69, 9.17) is 23.7 Å². The molecule has 6 unspecified atom stereocenters. The maximum Gasteiger partial charge on any atom is 0.335 e. The van der Waals surface area contributed by atoms with Crippen molar-refractivity contribution in [1.29, 1.82) is 0 Å². The Morgan fingerprint density at radius 3 is 1.24 bits per heavy atom. The SMILES string of the molecule is CC/C=C\C/C=C\C/C=C\C/C=C\CCCCCCC(=O)OC1C(OCC(COC(=O)CCCCCCCCC/C=C\C/C=C\CCCCC)OC(=O)CCCC/C=C\C/C=C\C/C=C\C/C=C\CC)OC(C(=O)O)C(O)C1O. The van der Waals surface area contributed by atoms with Crippen LogP contribution in [0.5, 0.6) is 0 Å². The number of aliphatic hydroxyl groups is 2. The maximum atomic E-state index is 13.1. The molecule has 0 saturated carbocycles. The zero-order chi connectivity index (χ0) is 57.5. The van der Waals surface area contributed by atoms with E-state index in [1.54, 1.807) is 0 Å². The van der Waals surface area contributed by atoms with E-state index in [-0.39, 0.29) is 25.9 Å². The fourth-order valence-electron chi connectivity index (χ4n) is 8.38. The zero-order valence-corrected chi connectivity index (χ0v) is 49.1. The minimum atomic E-state index is -1.93. The first-order chi connectivity index (χ1) is 38.6. The van der Waals surface area contributed by atoms with Gasteiger partial charge in [0.1, 0.15) is 18.8 Å². The molecule has 1 rings (SSSR count). The van der Waals surface area contributed by atoms with Gasteiger partial charge in [-0.15, -0.1) is 0 Å². The second-order valence-corrected chi connectivity index (χ2v) is 20.2. The molecule has 0 bridgehead atoms. The number of rotatable bonds is 50. The summed E-state index contributed by atoms with van der Waals surface area (Å²) in [6.45, 7) is 5.68. The Hall–Kier alpha value is -4.88. The van der Waals surface area contributed by atoms with Crippen molar-refractivity contribution >= 4 is 23.9 Å². The van der Waals surface area contributed by atoms with E-state index in [1.807, 2.05) is 0 Å². The minimum Gasteiger partial charge on any atom is -0.479 e. The number of allylic oxidation sites excluding steroid dienone is 20. The predicted molar refractivity (Wildman–Crippen MR) is 321 cm³/mol. The number of aliphatic carboxylic acids is 1. The van der Waals surface area contributed by atoms with Crippen LogP contribution in [-0.4, -0.2) is 89.2 Å². The first-order valence-corrected chi connectivity index (χ1v) is 30.5. The van der Waals surface area contributed by atoms with Gasteiger partial charge in [0.25, 0.3) is 0 Å². The van der Waals surface area contributed by atoms with Crippen LogP contribution in [0.1, 0.15) is 226 Å². The van der Waals surface area contributed by atoms with Crippen LogP contribution in [0.15, 0.2) is 122 Å². The number of aliphatic hydroxyl groups excluding tert-OH is 2. The monoisotopic (exact) mass is 1100 g/mol. The first-order valence-electron chi connectivity index (χ1n) is 30.5. The Balaban J connectivity index is 2.73. The molecule has 0 spiro atoms. The summed E-state index contributed by atoms with van der Waals surface area (Å²) in [7, 11) is 0. The van der Waals surface area contributed by atoms with Crippen molar-refractivity contribution < 1.29 is 58.2 Å². The fraction of sp³-hybridized carbons (Fsp3) is 0.642. The van der Waals surface area contributed by atoms with Gasteiger partial charge in [-0.2, -0.15) is 0 Å². The third-order valence-electron chi connectivity index (χ3n) is 13.0. The van der Waals surface area contributed by atoms with Crippen molar-refractivity contribution in [2.75, 3.05) is 13.2 Å². The molecule has 1 aliphatic rings. The van der Waals surface area contributed by atoms with Gasteiger partial charge in [-0.05, 0) is 128 Å². The van der Waals surface area contributed by atoms with Crippen LogP contribution < -0.4 is 0 Å². The summed E-state index contributed by atoms with van der Waals surface area (Å²) in [6.07, 6.45) is 61.6. The van der Waals surface area contributed by atoms with Gasteiger partial charge < -0.3 is 39.0 Å². The lowest BCUT2D eigenvalue weighted by molar-refractivity contribution is -0.301. The average molecular weight is 1100 g/mol. The number of ether oxygens (including phenoxy) is 5. The molecule has 6 atom stereocenters. The van der Waals surface area contributed by atoms with E-state index in [2.05, 4.69) is 142 Å². The number of esters is 3. The van der Waals surface area contributed by atoms with Crippen LogP contribution in [0.3, 0.4) is 0 Å². The number of carboxylic acid groups (broad SMARTS) is 1. The number of carboxylic acids is 1. The summed E-state index contributed by atoms with van der Waals surface area (Å²) < 4.78 is 28.4. The lowest BCUT2D eigenvalue weighted by atomic mass is 9.98. The molecule has 79 heavy (non-hydrogen) atoms. The zero-order valence-electron chi connectivity index (χ0n) is 49.1. The van der Waals surface area contributed by atoms with E-state index < -0.39 is 67.3 Å². The Kier molecular flexibility index (Phi) is 49.1. The van der Waals surface area contributed by atoms with Crippen molar-refractivity contribution in [3.05, 3.63) is 122 Å². The molecule has 1 saturated heterocycles. The predicted octanol–water partition coefficient (Wildman–Crippen LogP) is 16.0. The molecular weight excluding hydrogens is 997 g/mol. The highest BCUT2D eigenvalue weighted by Crippen LogP contribution is 2.26. The lowest BCUT2D eigenvalue weighted by Gasteiger charge is -2.40. The Bertz CT molecular complexity index is 1840. The highest BCUT2D eigenvalue weighted by atomic mass is 16.7. The van der Waals surface area contributed by atoms with Gasteiger partial charge in [0, 0.05) is 19.3 Å². The Labute approximate surface area is 478 Å². The molecule has 12 heteroatoms. The van der Waals surface area contributed by atoms with Crippen LogP contribution in [0.25, 0.3) is 0 Å². The highest BCUT2D eigenvalue weighted by Gasteiger charge is 2.50. The van der Waals surface area contributed by atoms with Crippen LogP contribution in [0.4, 0.5) is 0 Å². The molecule has 0 aromatic rings. The second kappa shape index (κ2) is 53.7. The van der Waals surface area contributed by atoms with E-state index in [9.17, 15) is 34.5 Å². The second-order valence-electron chi connectivity index (χ2n) is 20.2. The van der Waals surface area contributed by atoms with Crippen molar-refractivity contribution in [3.8, 4) is 0 Å². The molecule has 1 aliphatic heterocycles. The normalized spacial score (nSPS) is 18.7. The number of unbranched alkanes of at least 4 members (excludes halogenated alkanes) is 16. The molecule has 1 fully saturated rings. The maximum absolute atomic E-state index is 13.1. The summed E-state index contributed by atoms with van der Waals surface area (Å²) in [5, 5.41) is 31.5. The first kappa shape index (κ1) is 72.1. The smallest absolute Gasteiger partial charge is 0.335 e. The third kappa shape index (κ3) is 43.6. The van der Waals surface area contributed by atoms with Gasteiger partial charge in [0.05, 0.1) is 6.61 Å². The van der Waals surface area contributed by atoms with Gasteiger partial charge in [-0.1, -0.05) is 200 Å². The third-order valence-corrected chi connectivity index (χ3v) is 13.0. The van der Waals surface area contributed by atoms with Gasteiger partial charge >= 0.3 is 23.9 Å². The molecule has 446 valence electrons. The Morgan fingerprint density at radius 2 is 0.797 bits per heavy atom. The molecular formula is C67H106O12. The van der Waals surface area contributed by atoms with Crippen LogP contribution in [0, 0.1) is 0 Å². The van der Waals surface area contributed by atoms with Crippen molar-refractivity contribution in [2.24, 2.45) is 0 Å². The van der Waals surface area contributed by atoms with Gasteiger partial charge in [0.2, 0.25) is 0 Å². The van der Waals surface area contributed by atoms with Crippen molar-refractivity contribution in [3.63, 3.8) is 0 Å². The van der Waals surface area contributed by atoms with Crippen molar-refractivity contribution in [1.82, 2.24) is 0 Å². The van der Waals surface area contributed by atoms with Crippen molar-refractivity contribution in [2.45, 2.75) is 263 Å². The van der Waals surface area contributed by atoms with Gasteiger partial charge in [-0.3, -0.25) is 14.4 Å². The summed E-state index contributed by atoms with van der Waals surface area (Å²) in [5.74, 6) is -3.23. The van der Waals surface area contributed by atoms with Gasteiger partial charge in [0.15, 0.2) is 24.6 Å². The summed E-state index contributed by atoms with van der Waals surface area (Å²) in [6, 6.07) is 0. The molecule has 0 radical (unpaired) electrons. The number of carbonyl (C=O) groups excluding carboxylic acids is 3. The fourth-order valence-corrected chi connectivity index (χ4v) is 8.38. The topological polar surface area (TPSA) is 175 Å². The Morgan fingerprint density at radius 1 is 0.430 bits per heavy atom. The standard InChI is InChI=1S/C67H106O12/c1-4-7-10-13-16-19-22-25-28-30-33-35-38-41-44-47-50-53-59(68)75-56-58(77-60(69)54-51-48-45-42-39-36-32-27-24-21-18-15-12-9-6-3)57-76-67-65(63(72)62(71)64(79-67)66(73)74)78-61(70)55-52-49-46-43-40-37-34-31-29-26-23-20-17-14-11-8-5-2/h8-9,11-12,16-21,25-29,32,34,37,39,42,58,62-65,67,71-72H,4-7,10,13-15,22-24,30-31,33,35-36,38,40-41,43-57H2,1-3H3,(H,73,74)/b11-8-,12-9-,19-16-,20-17-,21-18-,28-25-,29-26-,32-27-,37-34-,42-39-. The lowest BCUT2D eigenvalue weighted by Crippen LogP contribution is -2.61. The number of carbonyl (C=O) groups is 4. The minimum absolute atomic E-state index is 0.0203. The van der Waals surface area contributed by atoms with Crippen LogP contribution in [0.2, 0.25) is 0 Å². The molecule has 1 heterocycles. The molecule has 12 nitrogen and oxygen atoms in total. The summed E-state index contributed by atoms with van der Waals surface area (Å²) in [4.78, 5) is 51.2. The quantitative estimate of drug-likeness (QED) is 0.0228. The van der Waals surface area contributed by atoms with E-state index >= 15 is 0 Å². The molecule has 0 aliphatic carbocycles. The average Bonchev–Trinajstić information content (AvgIpc) is 3.43. The number of hydrogen-bond acceptors (Lipinski definition) is 11. The molecule has 0 amide bonds. The largest absolute Gasteiger partial charge is 0.479 e. The van der Waals surface area contributed by atoms with Gasteiger partial charge in [-0.25, -0.2) is 4.79 Å². The van der Waals surface area contributed by atoms with E-state index in [1.165, 1.54) is 38.5 Å². The summed E-state index contributed by atoms with van der Waals surface area (Å²) in [5.41, 5.74) is 0. The van der Waals surface area contributed by atoms with Crippen LogP contribution in [-0.2, 0) is 42.9 Å². The molecule has 3 N–H and O–H groups in total. The van der Waals surface area contributed by atoms with E-state index in [0.717, 1.165) is 128 Å². The molecule has 0 aromatic carbocycles.